The molecule has 5 radical (unpaired) electrons. The van der Waals surface area contributed by atoms with Gasteiger partial charge in [0.1, 0.15) is 6.04 Å². The van der Waals surface area contributed by atoms with Gasteiger partial charge in [0.2, 0.25) is 11.8 Å². The standard InChI is InChI=1S/C19H32N3O3/c1-12(2)9-15(20)16(23)10-17(24)22-18(13(3)4)19(25)21-11-14-7-5-6-8-14/h5-8,12-13,15-16,18,23H,9-11,20H2,1-4H3,(H,21,25)(H,22,24)/t15-,16-,18-/m0/s1. The maximum Gasteiger partial charge on any atom is 0.242 e. The second-order valence-corrected chi connectivity index (χ2v) is 7.37. The third-order valence-electron chi connectivity index (χ3n) is 4.10. The lowest BCUT2D eigenvalue weighted by Crippen LogP contribution is -2.51. The zero-order valence-corrected chi connectivity index (χ0v) is 15.7. The molecule has 0 aliphatic heterocycles. The highest BCUT2D eigenvalue weighted by Gasteiger charge is 2.27. The molecular formula is C19H32N3O3. The van der Waals surface area contributed by atoms with Crippen LogP contribution in [0.5, 0.6) is 0 Å². The molecule has 1 aliphatic carbocycles. The number of hydrogen-bond acceptors (Lipinski definition) is 4. The van der Waals surface area contributed by atoms with Crippen LogP contribution in [0, 0.1) is 43.4 Å². The van der Waals surface area contributed by atoms with Crippen molar-refractivity contribution in [3.8, 4) is 0 Å². The number of nitrogens with two attached hydrogens (primary N) is 1. The molecule has 1 rings (SSSR count). The fraction of sp³-hybridized carbons (Fsp3) is 0.632. The third kappa shape index (κ3) is 8.19. The van der Waals surface area contributed by atoms with Gasteiger partial charge in [0, 0.05) is 18.5 Å². The van der Waals surface area contributed by atoms with E-state index in [1.54, 1.807) is 0 Å². The second-order valence-electron chi connectivity index (χ2n) is 7.37. The van der Waals surface area contributed by atoms with E-state index in [1.807, 2.05) is 53.4 Å². The molecule has 25 heavy (non-hydrogen) atoms. The summed E-state index contributed by atoms with van der Waals surface area (Å²) in [5.41, 5.74) is 5.91. The molecule has 0 aromatic rings. The van der Waals surface area contributed by atoms with Gasteiger partial charge in [-0.05, 0) is 43.9 Å². The molecule has 141 valence electrons. The maximum absolute atomic E-state index is 12.4. The van der Waals surface area contributed by atoms with E-state index in [0.717, 1.165) is 5.92 Å². The number of aliphatic hydroxyl groups is 1. The van der Waals surface area contributed by atoms with Crippen LogP contribution < -0.4 is 16.4 Å². The fourth-order valence-corrected chi connectivity index (χ4v) is 2.64. The largest absolute Gasteiger partial charge is 0.391 e. The molecule has 0 spiro atoms. The molecular weight excluding hydrogens is 318 g/mol. The van der Waals surface area contributed by atoms with Gasteiger partial charge in [-0.2, -0.15) is 0 Å². The first kappa shape index (κ1) is 21.9. The van der Waals surface area contributed by atoms with Gasteiger partial charge in [0.05, 0.1) is 12.5 Å². The Morgan fingerprint density at radius 2 is 1.76 bits per heavy atom. The summed E-state index contributed by atoms with van der Waals surface area (Å²) in [4.78, 5) is 24.6. The van der Waals surface area contributed by atoms with Crippen molar-refractivity contribution in [1.82, 2.24) is 10.6 Å². The Morgan fingerprint density at radius 1 is 1.16 bits per heavy atom. The first-order valence-corrected chi connectivity index (χ1v) is 8.92. The second kappa shape index (κ2) is 10.8. The summed E-state index contributed by atoms with van der Waals surface area (Å²) in [5.74, 6) is 0.694. The van der Waals surface area contributed by atoms with Crippen molar-refractivity contribution in [3.05, 3.63) is 31.6 Å². The third-order valence-corrected chi connectivity index (χ3v) is 4.10. The topological polar surface area (TPSA) is 104 Å². The van der Waals surface area contributed by atoms with Crippen LogP contribution in [0.3, 0.4) is 0 Å². The van der Waals surface area contributed by atoms with Crippen LogP contribution in [0.2, 0.25) is 0 Å². The number of carbonyl (C=O) groups excluding carboxylic acids is 2. The van der Waals surface area contributed by atoms with Gasteiger partial charge >= 0.3 is 0 Å². The monoisotopic (exact) mass is 350 g/mol. The summed E-state index contributed by atoms with van der Waals surface area (Å²) < 4.78 is 0. The highest BCUT2D eigenvalue weighted by Crippen LogP contribution is 2.21. The van der Waals surface area contributed by atoms with Crippen molar-refractivity contribution in [2.24, 2.45) is 17.6 Å². The summed E-state index contributed by atoms with van der Waals surface area (Å²) in [5, 5.41) is 15.6. The minimum atomic E-state index is -0.914. The van der Waals surface area contributed by atoms with Gasteiger partial charge in [-0.15, -0.1) is 0 Å². The van der Waals surface area contributed by atoms with E-state index in [1.165, 1.54) is 0 Å². The van der Waals surface area contributed by atoms with Gasteiger partial charge in [0.15, 0.2) is 0 Å². The van der Waals surface area contributed by atoms with E-state index < -0.39 is 18.2 Å². The Morgan fingerprint density at radius 3 is 2.28 bits per heavy atom. The first-order valence-electron chi connectivity index (χ1n) is 8.92. The molecule has 2 amide bonds. The van der Waals surface area contributed by atoms with Crippen molar-refractivity contribution in [1.29, 1.82) is 0 Å². The van der Waals surface area contributed by atoms with E-state index in [-0.39, 0.29) is 24.2 Å². The average molecular weight is 350 g/mol. The number of hydrogen-bond donors (Lipinski definition) is 4. The zero-order chi connectivity index (χ0) is 19.0. The number of rotatable bonds is 10. The lowest BCUT2D eigenvalue weighted by Gasteiger charge is -2.24. The fourth-order valence-electron chi connectivity index (χ4n) is 2.64. The van der Waals surface area contributed by atoms with Crippen molar-refractivity contribution < 1.29 is 14.7 Å². The van der Waals surface area contributed by atoms with Gasteiger partial charge in [-0.3, -0.25) is 9.59 Å². The quantitative estimate of drug-likeness (QED) is 0.467. The van der Waals surface area contributed by atoms with Gasteiger partial charge in [0.25, 0.3) is 0 Å². The van der Waals surface area contributed by atoms with Crippen molar-refractivity contribution in [2.75, 3.05) is 6.54 Å². The molecule has 6 nitrogen and oxygen atoms in total. The summed E-state index contributed by atoms with van der Waals surface area (Å²) >= 11 is 0. The average Bonchev–Trinajstić information content (AvgIpc) is 3.02. The van der Waals surface area contributed by atoms with Crippen LogP contribution in [0.1, 0.15) is 40.5 Å². The van der Waals surface area contributed by atoms with Crippen LogP contribution in [-0.2, 0) is 9.59 Å². The molecule has 3 atom stereocenters. The van der Waals surface area contributed by atoms with Crippen LogP contribution in [-0.4, -0.2) is 41.7 Å². The summed E-state index contributed by atoms with van der Waals surface area (Å²) in [6.07, 6.45) is 7.29. The smallest absolute Gasteiger partial charge is 0.242 e. The Balaban J connectivity index is 2.46. The minimum Gasteiger partial charge on any atom is -0.391 e. The Bertz CT molecular complexity index is 420. The van der Waals surface area contributed by atoms with Crippen LogP contribution in [0.15, 0.2) is 0 Å². The molecule has 1 aliphatic rings. The summed E-state index contributed by atoms with van der Waals surface area (Å²) in [7, 11) is 0. The lowest BCUT2D eigenvalue weighted by atomic mass is 9.97. The number of carbonyl (C=O) groups is 2. The van der Waals surface area contributed by atoms with Gasteiger partial charge in [-0.25, -0.2) is 0 Å². The molecule has 1 fully saturated rings. The molecule has 0 aromatic heterocycles. The highest BCUT2D eigenvalue weighted by atomic mass is 16.3. The number of aliphatic hydroxyl groups excluding tert-OH is 1. The van der Waals surface area contributed by atoms with E-state index in [2.05, 4.69) is 10.6 Å². The van der Waals surface area contributed by atoms with Crippen molar-refractivity contribution in [3.63, 3.8) is 0 Å². The normalized spacial score (nSPS) is 19.0. The van der Waals surface area contributed by atoms with Gasteiger partial charge < -0.3 is 21.5 Å². The zero-order valence-electron chi connectivity index (χ0n) is 15.7. The van der Waals surface area contributed by atoms with E-state index >= 15 is 0 Å². The van der Waals surface area contributed by atoms with Crippen molar-refractivity contribution in [2.45, 2.75) is 58.7 Å². The molecule has 0 unspecified atom stereocenters. The molecule has 0 bridgehead atoms. The summed E-state index contributed by atoms with van der Waals surface area (Å²) in [6.45, 7) is 8.19. The maximum atomic E-state index is 12.4. The van der Waals surface area contributed by atoms with Gasteiger partial charge in [-0.1, -0.05) is 27.7 Å². The summed E-state index contributed by atoms with van der Waals surface area (Å²) in [6, 6.07) is -1.09. The molecule has 1 saturated carbocycles. The molecule has 0 heterocycles. The molecule has 5 N–H and O–H groups in total. The highest BCUT2D eigenvalue weighted by molar-refractivity contribution is 5.88. The number of nitrogens with one attached hydrogen (secondary N) is 2. The van der Waals surface area contributed by atoms with E-state index in [4.69, 9.17) is 5.73 Å². The van der Waals surface area contributed by atoms with Crippen LogP contribution in [0.25, 0.3) is 0 Å². The Kier molecular flexibility index (Phi) is 9.43. The SMILES string of the molecule is CC(C)C[C@H](N)[C@@H](O)CC(=O)N[C@H](C(=O)NC[C]1[CH][CH][CH][CH]1)C(C)C. The van der Waals surface area contributed by atoms with E-state index in [0.29, 0.717) is 18.9 Å². The Hall–Kier alpha value is -1.14. The predicted octanol–water partition coefficient (Wildman–Crippen LogP) is 0.773. The lowest BCUT2D eigenvalue weighted by molar-refractivity contribution is -0.131. The molecule has 6 heteroatoms. The van der Waals surface area contributed by atoms with Crippen LogP contribution >= 0.6 is 0 Å². The number of amides is 2. The minimum absolute atomic E-state index is 0.0647. The van der Waals surface area contributed by atoms with Crippen LogP contribution in [0.4, 0.5) is 0 Å². The first-order chi connectivity index (χ1) is 11.7. The molecule has 0 saturated heterocycles. The van der Waals surface area contributed by atoms with E-state index in [9.17, 15) is 14.7 Å². The predicted molar refractivity (Wildman–Crippen MR) is 98.3 cm³/mol. The van der Waals surface area contributed by atoms with Crippen molar-refractivity contribution >= 4 is 11.8 Å². The molecule has 0 aromatic carbocycles. The Labute approximate surface area is 152 Å².